The highest BCUT2D eigenvalue weighted by molar-refractivity contribution is 7.83. The van der Waals surface area contributed by atoms with Crippen LogP contribution >= 0.6 is 11.6 Å². The van der Waals surface area contributed by atoms with Crippen molar-refractivity contribution in [3.05, 3.63) is 68.7 Å². The van der Waals surface area contributed by atoms with Crippen molar-refractivity contribution in [2.45, 2.75) is 12.3 Å². The molecular formula is C15H15ClN2O3S. The third kappa shape index (κ3) is 4.29. The Labute approximate surface area is 135 Å². The lowest BCUT2D eigenvalue weighted by molar-refractivity contribution is -0.385. The molecule has 0 radical (unpaired) electrons. The minimum Gasteiger partial charge on any atom is -0.381 e. The fourth-order valence-electron chi connectivity index (χ4n) is 2.05. The molecule has 2 aromatic carbocycles. The van der Waals surface area contributed by atoms with E-state index in [-0.39, 0.29) is 5.69 Å². The summed E-state index contributed by atoms with van der Waals surface area (Å²) in [4.78, 5) is 10.6. The van der Waals surface area contributed by atoms with E-state index in [1.54, 1.807) is 36.6 Å². The van der Waals surface area contributed by atoms with Gasteiger partial charge in [0.25, 0.3) is 5.69 Å². The first-order valence-corrected chi connectivity index (χ1v) is 8.62. The predicted octanol–water partition coefficient (Wildman–Crippen LogP) is 3.74. The molecule has 0 heterocycles. The summed E-state index contributed by atoms with van der Waals surface area (Å²) >= 11 is 6.07. The van der Waals surface area contributed by atoms with Gasteiger partial charge in [-0.3, -0.25) is 14.3 Å². The van der Waals surface area contributed by atoms with E-state index in [1.807, 2.05) is 6.07 Å². The molecule has 116 valence electrons. The number of halogens is 1. The molecule has 0 amide bonds. The van der Waals surface area contributed by atoms with Gasteiger partial charge in [-0.25, -0.2) is 0 Å². The number of nitrogens with zero attached hydrogens (tertiary/aromatic N) is 1. The van der Waals surface area contributed by atoms with Gasteiger partial charge in [-0.1, -0.05) is 29.8 Å². The van der Waals surface area contributed by atoms with Crippen LogP contribution in [0.15, 0.2) is 42.5 Å². The summed E-state index contributed by atoms with van der Waals surface area (Å²) in [5.41, 5.74) is 2.25. The van der Waals surface area contributed by atoms with Crippen molar-refractivity contribution in [3.8, 4) is 0 Å². The first kappa shape index (κ1) is 16.5. The van der Waals surface area contributed by atoms with Gasteiger partial charge < -0.3 is 5.32 Å². The minimum atomic E-state index is -0.986. The Hall–Kier alpha value is -1.92. The van der Waals surface area contributed by atoms with Crippen LogP contribution in [0.25, 0.3) is 0 Å². The van der Waals surface area contributed by atoms with Crippen molar-refractivity contribution in [2.24, 2.45) is 0 Å². The Kier molecular flexibility index (Phi) is 5.51. The van der Waals surface area contributed by atoms with E-state index < -0.39 is 15.7 Å². The molecule has 5 nitrogen and oxygen atoms in total. The summed E-state index contributed by atoms with van der Waals surface area (Å²) in [6.07, 6.45) is 1.61. The van der Waals surface area contributed by atoms with Gasteiger partial charge in [0.1, 0.15) is 0 Å². The van der Waals surface area contributed by atoms with E-state index in [0.717, 1.165) is 11.3 Å². The lowest BCUT2D eigenvalue weighted by atomic mass is 10.1. The Morgan fingerprint density at radius 2 is 1.95 bits per heavy atom. The van der Waals surface area contributed by atoms with E-state index in [9.17, 15) is 14.3 Å². The largest absolute Gasteiger partial charge is 0.381 e. The summed E-state index contributed by atoms with van der Waals surface area (Å²) in [5.74, 6) is 0.375. The van der Waals surface area contributed by atoms with Crippen molar-refractivity contribution in [2.75, 3.05) is 11.6 Å². The second-order valence-corrected chi connectivity index (χ2v) is 6.61. The molecule has 0 fully saturated rings. The average molecular weight is 339 g/mol. The molecule has 22 heavy (non-hydrogen) atoms. The quantitative estimate of drug-likeness (QED) is 0.643. The first-order valence-electron chi connectivity index (χ1n) is 6.52. The number of para-hydroxylation sites is 1. The van der Waals surface area contributed by atoms with Crippen molar-refractivity contribution < 1.29 is 9.13 Å². The van der Waals surface area contributed by atoms with Gasteiger partial charge in [-0.15, -0.1) is 0 Å². The molecule has 0 saturated carbocycles. The zero-order valence-corrected chi connectivity index (χ0v) is 13.5. The van der Waals surface area contributed by atoms with Gasteiger partial charge in [0, 0.05) is 51.7 Å². The molecule has 1 atom stereocenters. The highest BCUT2D eigenvalue weighted by Gasteiger charge is 2.12. The number of nitrogens with one attached hydrogen (secondary N) is 1. The van der Waals surface area contributed by atoms with Gasteiger partial charge >= 0.3 is 0 Å². The van der Waals surface area contributed by atoms with E-state index in [4.69, 9.17) is 11.6 Å². The fraction of sp³-hybridized carbons (Fsp3) is 0.200. The van der Waals surface area contributed by atoms with Crippen LogP contribution in [0, 0.1) is 10.1 Å². The monoisotopic (exact) mass is 338 g/mol. The van der Waals surface area contributed by atoms with Crippen LogP contribution in [0.5, 0.6) is 0 Å². The average Bonchev–Trinajstić information content (AvgIpc) is 2.47. The van der Waals surface area contributed by atoms with Crippen LogP contribution in [0.1, 0.15) is 11.1 Å². The number of hydrogen-bond acceptors (Lipinski definition) is 4. The predicted molar refractivity (Wildman–Crippen MR) is 89.6 cm³/mol. The van der Waals surface area contributed by atoms with Crippen LogP contribution in [0.2, 0.25) is 5.02 Å². The van der Waals surface area contributed by atoms with Gasteiger partial charge in [0.05, 0.1) is 4.92 Å². The maximum atomic E-state index is 11.3. The topological polar surface area (TPSA) is 72.2 Å². The van der Waals surface area contributed by atoms with Crippen LogP contribution in [0.3, 0.4) is 0 Å². The summed E-state index contributed by atoms with van der Waals surface area (Å²) in [6.45, 7) is 0.327. The van der Waals surface area contributed by atoms with Crippen molar-refractivity contribution in [3.63, 3.8) is 0 Å². The molecule has 7 heteroatoms. The molecule has 0 aliphatic rings. The van der Waals surface area contributed by atoms with Crippen LogP contribution < -0.4 is 5.32 Å². The highest BCUT2D eigenvalue weighted by atomic mass is 35.5. The molecule has 0 spiro atoms. The molecule has 0 aliphatic carbocycles. The van der Waals surface area contributed by atoms with Gasteiger partial charge in [0.2, 0.25) is 0 Å². The number of nitro benzene ring substituents is 1. The third-order valence-corrected chi connectivity index (χ3v) is 4.16. The van der Waals surface area contributed by atoms with Crippen LogP contribution in [-0.4, -0.2) is 15.4 Å². The molecular weight excluding hydrogens is 324 g/mol. The van der Waals surface area contributed by atoms with Crippen molar-refractivity contribution in [1.29, 1.82) is 0 Å². The lowest BCUT2D eigenvalue weighted by Crippen LogP contribution is -2.03. The standard InChI is InChI=1S/C15H15ClN2O3S/c1-22(21)10-12-8-13(6-7-14(12)16)17-9-11-4-2-3-5-15(11)18(19)20/h2-8,17H,9-10H2,1H3/t22-/m0/s1. The number of anilines is 1. The summed E-state index contributed by atoms with van der Waals surface area (Å²) < 4.78 is 11.3. The second kappa shape index (κ2) is 7.38. The smallest absolute Gasteiger partial charge is 0.274 e. The minimum absolute atomic E-state index is 0.0823. The van der Waals surface area contributed by atoms with Crippen LogP contribution in [0.4, 0.5) is 11.4 Å². The summed E-state index contributed by atoms with van der Waals surface area (Å²) in [7, 11) is -0.986. The van der Waals surface area contributed by atoms with E-state index in [0.29, 0.717) is 22.9 Å². The van der Waals surface area contributed by atoms with Gasteiger partial charge in [0.15, 0.2) is 0 Å². The number of rotatable bonds is 6. The normalized spacial score (nSPS) is 11.9. The zero-order valence-electron chi connectivity index (χ0n) is 11.9. The van der Waals surface area contributed by atoms with Crippen molar-refractivity contribution >= 4 is 33.8 Å². The number of benzene rings is 2. The van der Waals surface area contributed by atoms with Crippen LogP contribution in [-0.2, 0) is 23.1 Å². The van der Waals surface area contributed by atoms with E-state index in [1.165, 1.54) is 6.07 Å². The van der Waals surface area contributed by atoms with E-state index in [2.05, 4.69) is 5.32 Å². The number of hydrogen-bond donors (Lipinski definition) is 1. The molecule has 2 aromatic rings. The van der Waals surface area contributed by atoms with Gasteiger partial charge in [-0.05, 0) is 23.8 Å². The fourth-order valence-corrected chi connectivity index (χ4v) is 2.99. The van der Waals surface area contributed by atoms with Crippen molar-refractivity contribution in [1.82, 2.24) is 0 Å². The molecule has 0 bridgehead atoms. The highest BCUT2D eigenvalue weighted by Crippen LogP contribution is 2.23. The molecule has 1 N–H and O–H groups in total. The molecule has 0 aliphatic heterocycles. The Morgan fingerprint density at radius 1 is 1.23 bits per heavy atom. The maximum absolute atomic E-state index is 11.3. The summed E-state index contributed by atoms with van der Waals surface area (Å²) in [6, 6.07) is 11.9. The molecule has 2 rings (SSSR count). The lowest BCUT2D eigenvalue weighted by Gasteiger charge is -2.10. The molecule has 0 aromatic heterocycles. The number of nitro groups is 1. The molecule has 0 unspecified atom stereocenters. The molecule has 0 saturated heterocycles. The SMILES string of the molecule is C[S@](=O)Cc1cc(NCc2ccccc2[N+](=O)[O-])ccc1Cl. The Bertz CT molecular complexity index is 722. The Balaban J connectivity index is 2.15. The van der Waals surface area contributed by atoms with Gasteiger partial charge in [-0.2, -0.15) is 0 Å². The zero-order chi connectivity index (χ0) is 16.1. The maximum Gasteiger partial charge on any atom is 0.274 e. The Morgan fingerprint density at radius 3 is 2.64 bits per heavy atom. The summed E-state index contributed by atoms with van der Waals surface area (Å²) in [5, 5.41) is 14.7. The second-order valence-electron chi connectivity index (χ2n) is 4.76. The van der Waals surface area contributed by atoms with E-state index >= 15 is 0 Å². The first-order chi connectivity index (χ1) is 10.5. The third-order valence-electron chi connectivity index (χ3n) is 3.08.